The first kappa shape index (κ1) is 24.1. The number of sulfonamides is 1. The number of ether oxygens (including phenoxy) is 2. The molecule has 0 atom stereocenters. The molecule has 0 bridgehead atoms. The number of hydrogen-bond acceptors (Lipinski definition) is 6. The molecule has 0 saturated heterocycles. The number of nitrogens with one attached hydrogen (secondary N) is 1. The Morgan fingerprint density at radius 1 is 1.03 bits per heavy atom. The smallest absolute Gasteiger partial charge is 0.264 e. The zero-order valence-electron chi connectivity index (χ0n) is 17.9. The minimum Gasteiger partial charge on any atom is -0.497 e. The maximum absolute atomic E-state index is 13.4. The van der Waals surface area contributed by atoms with Gasteiger partial charge < -0.3 is 9.47 Å². The number of methoxy groups -OCH3 is 2. The van der Waals surface area contributed by atoms with Gasteiger partial charge in [-0.15, -0.1) is 0 Å². The van der Waals surface area contributed by atoms with Gasteiger partial charge in [0.1, 0.15) is 18.0 Å². The Morgan fingerprint density at radius 2 is 1.73 bits per heavy atom. The lowest BCUT2D eigenvalue weighted by Gasteiger charge is -2.25. The van der Waals surface area contributed by atoms with Crippen LogP contribution in [0.2, 0.25) is 5.02 Å². The maximum Gasteiger partial charge on any atom is 0.264 e. The van der Waals surface area contributed by atoms with E-state index in [-0.39, 0.29) is 16.3 Å². The zero-order valence-corrected chi connectivity index (χ0v) is 19.5. The van der Waals surface area contributed by atoms with Crippen LogP contribution in [0, 0.1) is 0 Å². The first-order valence-corrected chi connectivity index (χ1v) is 11.5. The van der Waals surface area contributed by atoms with Gasteiger partial charge in [-0.3, -0.25) is 9.10 Å². The van der Waals surface area contributed by atoms with E-state index in [1.54, 1.807) is 54.6 Å². The van der Waals surface area contributed by atoms with Gasteiger partial charge in [0.25, 0.3) is 15.9 Å². The standard InChI is InChI=1S/C23H22ClN3O5S/c1-31-19-12-13-21(22(14-19)32-2)27(33(29,30)20-6-4-3-5-7-20)16-23(28)26-25-15-17-8-10-18(24)11-9-17/h3-15H,16H2,1-2H3,(H,26,28)/b25-15-. The summed E-state index contributed by atoms with van der Waals surface area (Å²) in [4.78, 5) is 12.7. The molecule has 0 aliphatic carbocycles. The monoisotopic (exact) mass is 487 g/mol. The molecule has 0 aliphatic heterocycles. The van der Waals surface area contributed by atoms with Gasteiger partial charge in [-0.2, -0.15) is 5.10 Å². The summed E-state index contributed by atoms with van der Waals surface area (Å²) in [5.41, 5.74) is 3.25. The fourth-order valence-electron chi connectivity index (χ4n) is 2.90. The van der Waals surface area contributed by atoms with Crippen molar-refractivity contribution in [1.82, 2.24) is 5.43 Å². The number of amides is 1. The maximum atomic E-state index is 13.4. The van der Waals surface area contributed by atoms with E-state index in [0.717, 1.165) is 4.31 Å². The van der Waals surface area contributed by atoms with Crippen LogP contribution in [0.15, 0.2) is 82.8 Å². The lowest BCUT2D eigenvalue weighted by Crippen LogP contribution is -2.39. The predicted octanol–water partition coefficient (Wildman–Crippen LogP) is 3.70. The van der Waals surface area contributed by atoms with Gasteiger partial charge in [-0.25, -0.2) is 13.8 Å². The van der Waals surface area contributed by atoms with E-state index in [4.69, 9.17) is 21.1 Å². The van der Waals surface area contributed by atoms with Crippen LogP contribution < -0.4 is 19.2 Å². The van der Waals surface area contributed by atoms with Crippen LogP contribution in [0.25, 0.3) is 0 Å². The number of nitrogens with zero attached hydrogens (tertiary/aromatic N) is 2. The highest BCUT2D eigenvalue weighted by Crippen LogP contribution is 2.35. The predicted molar refractivity (Wildman–Crippen MR) is 128 cm³/mol. The fraction of sp³-hybridized carbons (Fsp3) is 0.130. The number of anilines is 1. The SMILES string of the molecule is COc1ccc(N(CC(=O)N/N=C\c2ccc(Cl)cc2)S(=O)(=O)c2ccccc2)c(OC)c1. The van der Waals surface area contributed by atoms with E-state index < -0.39 is 22.5 Å². The summed E-state index contributed by atoms with van der Waals surface area (Å²) < 4.78 is 38.4. The second-order valence-corrected chi connectivity index (χ2v) is 9.01. The van der Waals surface area contributed by atoms with Crippen molar-refractivity contribution in [2.75, 3.05) is 25.1 Å². The van der Waals surface area contributed by atoms with Crippen molar-refractivity contribution in [2.45, 2.75) is 4.90 Å². The molecular weight excluding hydrogens is 466 g/mol. The lowest BCUT2D eigenvalue weighted by molar-refractivity contribution is -0.119. The average molecular weight is 488 g/mol. The van der Waals surface area contributed by atoms with Gasteiger partial charge >= 0.3 is 0 Å². The molecule has 172 valence electrons. The fourth-order valence-corrected chi connectivity index (χ4v) is 4.48. The van der Waals surface area contributed by atoms with Crippen LogP contribution in [0.1, 0.15) is 5.56 Å². The first-order chi connectivity index (χ1) is 15.8. The highest BCUT2D eigenvalue weighted by atomic mass is 35.5. The molecule has 3 aromatic rings. The van der Waals surface area contributed by atoms with Crippen LogP contribution >= 0.6 is 11.6 Å². The Bertz CT molecular complexity index is 1230. The van der Waals surface area contributed by atoms with Crippen molar-refractivity contribution < 1.29 is 22.7 Å². The van der Waals surface area contributed by atoms with E-state index in [2.05, 4.69) is 10.5 Å². The molecule has 0 heterocycles. The molecule has 3 aromatic carbocycles. The summed E-state index contributed by atoms with van der Waals surface area (Å²) >= 11 is 5.85. The summed E-state index contributed by atoms with van der Waals surface area (Å²) in [6.45, 7) is -0.530. The van der Waals surface area contributed by atoms with Gasteiger partial charge in [0.05, 0.1) is 31.0 Å². The van der Waals surface area contributed by atoms with Gasteiger partial charge in [-0.05, 0) is 42.0 Å². The second kappa shape index (κ2) is 10.8. The van der Waals surface area contributed by atoms with E-state index in [1.807, 2.05) is 0 Å². The lowest BCUT2D eigenvalue weighted by atomic mass is 10.2. The zero-order chi connectivity index (χ0) is 23.8. The quantitative estimate of drug-likeness (QED) is 0.366. The summed E-state index contributed by atoms with van der Waals surface area (Å²) in [6.07, 6.45) is 1.43. The third-order valence-electron chi connectivity index (χ3n) is 4.55. The van der Waals surface area contributed by atoms with Crippen molar-refractivity contribution in [2.24, 2.45) is 5.10 Å². The number of carbonyl (C=O) groups is 1. The second-order valence-electron chi connectivity index (χ2n) is 6.71. The topological polar surface area (TPSA) is 97.3 Å². The Kier molecular flexibility index (Phi) is 7.92. The summed E-state index contributed by atoms with van der Waals surface area (Å²) in [5, 5.41) is 4.48. The van der Waals surface area contributed by atoms with Crippen molar-refractivity contribution in [3.05, 3.63) is 83.4 Å². The van der Waals surface area contributed by atoms with E-state index in [9.17, 15) is 13.2 Å². The third-order valence-corrected chi connectivity index (χ3v) is 6.57. The Hall–Kier alpha value is -3.56. The molecule has 0 unspecified atom stereocenters. The molecule has 1 N–H and O–H groups in total. The molecule has 10 heteroatoms. The number of benzene rings is 3. The van der Waals surface area contributed by atoms with Crippen LogP contribution in [0.4, 0.5) is 5.69 Å². The number of hydrazone groups is 1. The van der Waals surface area contributed by atoms with Crippen molar-refractivity contribution in [3.8, 4) is 11.5 Å². The van der Waals surface area contributed by atoms with E-state index in [0.29, 0.717) is 16.3 Å². The van der Waals surface area contributed by atoms with E-state index in [1.165, 1.54) is 38.6 Å². The largest absolute Gasteiger partial charge is 0.497 e. The highest BCUT2D eigenvalue weighted by molar-refractivity contribution is 7.92. The van der Waals surface area contributed by atoms with E-state index >= 15 is 0 Å². The molecule has 0 spiro atoms. The molecule has 3 rings (SSSR count). The van der Waals surface area contributed by atoms with Crippen LogP contribution in [0.5, 0.6) is 11.5 Å². The molecule has 0 aromatic heterocycles. The number of hydrogen-bond donors (Lipinski definition) is 1. The van der Waals surface area contributed by atoms with Gasteiger partial charge in [0.15, 0.2) is 0 Å². The average Bonchev–Trinajstić information content (AvgIpc) is 2.84. The molecule has 8 nitrogen and oxygen atoms in total. The number of halogens is 1. The molecule has 0 saturated carbocycles. The van der Waals surface area contributed by atoms with Crippen molar-refractivity contribution >= 4 is 39.4 Å². The Morgan fingerprint density at radius 3 is 2.36 bits per heavy atom. The summed E-state index contributed by atoms with van der Waals surface area (Å²) in [5.74, 6) is 0.0635. The molecule has 33 heavy (non-hydrogen) atoms. The van der Waals surface area contributed by atoms with Crippen LogP contribution in [-0.4, -0.2) is 41.3 Å². The summed E-state index contributed by atoms with van der Waals surface area (Å²) in [6, 6.07) is 19.3. The highest BCUT2D eigenvalue weighted by Gasteiger charge is 2.29. The molecular formula is C23H22ClN3O5S. The summed E-state index contributed by atoms with van der Waals surface area (Å²) in [7, 11) is -1.21. The van der Waals surface area contributed by atoms with Crippen molar-refractivity contribution in [1.29, 1.82) is 0 Å². The van der Waals surface area contributed by atoms with Gasteiger partial charge in [-0.1, -0.05) is 41.9 Å². The third kappa shape index (κ3) is 6.03. The Balaban J connectivity index is 1.91. The minimum absolute atomic E-state index is 0.0281. The molecule has 0 fully saturated rings. The first-order valence-electron chi connectivity index (χ1n) is 9.72. The minimum atomic E-state index is -4.10. The van der Waals surface area contributed by atoms with Crippen molar-refractivity contribution in [3.63, 3.8) is 0 Å². The number of rotatable bonds is 9. The number of carbonyl (C=O) groups excluding carboxylic acids is 1. The normalized spacial score (nSPS) is 11.2. The Labute approximate surface area is 197 Å². The molecule has 1 amide bonds. The van der Waals surface area contributed by atoms with Gasteiger partial charge in [0, 0.05) is 11.1 Å². The van der Waals surface area contributed by atoms with Gasteiger partial charge in [0.2, 0.25) is 0 Å². The van der Waals surface area contributed by atoms with Crippen LogP contribution in [0.3, 0.4) is 0 Å². The molecule has 0 radical (unpaired) electrons. The van der Waals surface area contributed by atoms with Crippen LogP contribution in [-0.2, 0) is 14.8 Å². The molecule has 0 aliphatic rings.